The Balaban J connectivity index is 2.45. The number of nitrogens with one attached hydrogen (secondary N) is 1. The predicted octanol–water partition coefficient (Wildman–Crippen LogP) is 1.25. The lowest BCUT2D eigenvalue weighted by molar-refractivity contribution is 0.568. The van der Waals surface area contributed by atoms with Crippen molar-refractivity contribution in [1.82, 2.24) is 9.97 Å². The van der Waals surface area contributed by atoms with Gasteiger partial charge in [-0.2, -0.15) is 0 Å². The van der Waals surface area contributed by atoms with Crippen molar-refractivity contribution in [2.45, 2.75) is 0 Å². The summed E-state index contributed by atoms with van der Waals surface area (Å²) in [6.45, 7) is 0. The third-order valence-corrected chi connectivity index (χ3v) is 1.43. The molecule has 2 heterocycles. The van der Waals surface area contributed by atoms with Gasteiger partial charge in [-0.3, -0.25) is 0 Å². The first-order chi connectivity index (χ1) is 5.36. The fraction of sp³-hybridized carbons (Fsp3) is 0. The van der Waals surface area contributed by atoms with E-state index in [-0.39, 0.29) is 0 Å². The molecule has 0 aliphatic rings. The summed E-state index contributed by atoms with van der Waals surface area (Å²) in [7, 11) is 0. The first-order valence-electron chi connectivity index (χ1n) is 3.19. The lowest BCUT2D eigenvalue weighted by atomic mass is 10.3. The van der Waals surface area contributed by atoms with Gasteiger partial charge in [0.1, 0.15) is 0 Å². The van der Waals surface area contributed by atoms with Gasteiger partial charge in [0, 0.05) is 5.56 Å². The standard InChI is InChI=1S/C7H7N3O/c8-7-9-3-6(10-7)5-1-2-11-4-5/h1-4H,(H3,8,9,10). The molecule has 0 aliphatic heterocycles. The maximum absolute atomic E-state index is 5.39. The predicted molar refractivity (Wildman–Crippen MR) is 40.7 cm³/mol. The monoisotopic (exact) mass is 149 g/mol. The lowest BCUT2D eigenvalue weighted by Gasteiger charge is -1.85. The van der Waals surface area contributed by atoms with Crippen molar-refractivity contribution < 1.29 is 4.42 Å². The molecule has 0 bridgehead atoms. The Labute approximate surface area is 63.1 Å². The smallest absolute Gasteiger partial charge is 0.197 e. The van der Waals surface area contributed by atoms with E-state index in [1.165, 1.54) is 0 Å². The van der Waals surface area contributed by atoms with Crippen molar-refractivity contribution in [3.05, 3.63) is 24.8 Å². The van der Waals surface area contributed by atoms with Crippen LogP contribution in [0, 0.1) is 0 Å². The van der Waals surface area contributed by atoms with Crippen molar-refractivity contribution in [2.24, 2.45) is 0 Å². The molecule has 0 fully saturated rings. The quantitative estimate of drug-likeness (QED) is 0.641. The zero-order valence-electron chi connectivity index (χ0n) is 5.74. The number of hydrogen-bond acceptors (Lipinski definition) is 3. The van der Waals surface area contributed by atoms with Crippen LogP contribution in [-0.4, -0.2) is 9.97 Å². The number of aromatic amines is 1. The number of furan rings is 1. The van der Waals surface area contributed by atoms with E-state index >= 15 is 0 Å². The van der Waals surface area contributed by atoms with Crippen molar-refractivity contribution >= 4 is 5.95 Å². The Bertz CT molecular complexity index is 336. The highest BCUT2D eigenvalue weighted by molar-refractivity contribution is 5.57. The minimum Gasteiger partial charge on any atom is -0.472 e. The highest BCUT2D eigenvalue weighted by atomic mass is 16.3. The Morgan fingerprint density at radius 3 is 3.00 bits per heavy atom. The lowest BCUT2D eigenvalue weighted by Crippen LogP contribution is -1.84. The molecule has 0 radical (unpaired) electrons. The van der Waals surface area contributed by atoms with Gasteiger partial charge in [-0.05, 0) is 6.07 Å². The average molecular weight is 149 g/mol. The maximum Gasteiger partial charge on any atom is 0.197 e. The molecule has 0 amide bonds. The number of aromatic nitrogens is 2. The third-order valence-electron chi connectivity index (χ3n) is 1.43. The number of hydrogen-bond donors (Lipinski definition) is 2. The number of nitrogen functional groups attached to an aromatic ring is 1. The molecule has 0 aliphatic carbocycles. The Hall–Kier alpha value is -1.71. The summed E-state index contributed by atoms with van der Waals surface area (Å²) in [5, 5.41) is 0. The van der Waals surface area contributed by atoms with Crippen LogP contribution >= 0.6 is 0 Å². The minimum atomic E-state index is 0.418. The molecular formula is C7H7N3O. The van der Waals surface area contributed by atoms with Gasteiger partial charge in [-0.1, -0.05) is 0 Å². The molecular weight excluding hydrogens is 142 g/mol. The molecule has 4 nitrogen and oxygen atoms in total. The van der Waals surface area contributed by atoms with E-state index < -0.39 is 0 Å². The summed E-state index contributed by atoms with van der Waals surface area (Å²) in [6, 6.07) is 1.84. The highest BCUT2D eigenvalue weighted by Gasteiger charge is 2.00. The van der Waals surface area contributed by atoms with Crippen LogP contribution in [0.2, 0.25) is 0 Å². The maximum atomic E-state index is 5.39. The molecule has 0 unspecified atom stereocenters. The van der Waals surface area contributed by atoms with E-state index in [0.29, 0.717) is 5.95 Å². The number of imidazole rings is 1. The number of nitrogens with two attached hydrogens (primary N) is 1. The second-order valence-electron chi connectivity index (χ2n) is 2.19. The van der Waals surface area contributed by atoms with Crippen LogP contribution in [0.15, 0.2) is 29.2 Å². The molecule has 2 aromatic heterocycles. The van der Waals surface area contributed by atoms with Crippen LogP contribution in [0.4, 0.5) is 5.95 Å². The summed E-state index contributed by atoms with van der Waals surface area (Å²) >= 11 is 0. The first-order valence-corrected chi connectivity index (χ1v) is 3.19. The third kappa shape index (κ3) is 0.980. The highest BCUT2D eigenvalue weighted by Crippen LogP contribution is 2.16. The van der Waals surface area contributed by atoms with E-state index in [1.54, 1.807) is 18.7 Å². The summed E-state index contributed by atoms with van der Waals surface area (Å²) in [5.41, 5.74) is 7.21. The molecule has 0 spiro atoms. The van der Waals surface area contributed by atoms with Crippen LogP contribution < -0.4 is 5.73 Å². The molecule has 56 valence electrons. The van der Waals surface area contributed by atoms with Gasteiger partial charge in [-0.25, -0.2) is 4.98 Å². The van der Waals surface area contributed by atoms with E-state index in [2.05, 4.69) is 9.97 Å². The van der Waals surface area contributed by atoms with Gasteiger partial charge in [0.2, 0.25) is 0 Å². The topological polar surface area (TPSA) is 67.8 Å². The average Bonchev–Trinajstić information content (AvgIpc) is 2.55. The molecule has 0 aromatic carbocycles. The number of rotatable bonds is 1. The van der Waals surface area contributed by atoms with Gasteiger partial charge in [0.25, 0.3) is 0 Å². The first kappa shape index (κ1) is 6.03. The summed E-state index contributed by atoms with van der Waals surface area (Å²) in [6.07, 6.45) is 4.90. The Morgan fingerprint density at radius 2 is 2.45 bits per heavy atom. The van der Waals surface area contributed by atoms with Crippen LogP contribution in [0.1, 0.15) is 0 Å². The molecule has 0 saturated carbocycles. The zero-order chi connectivity index (χ0) is 7.68. The normalized spacial score (nSPS) is 10.2. The van der Waals surface area contributed by atoms with Crippen molar-refractivity contribution in [3.8, 4) is 11.3 Å². The number of H-pyrrole nitrogens is 1. The molecule has 0 atom stereocenters. The molecule has 3 N–H and O–H groups in total. The van der Waals surface area contributed by atoms with Gasteiger partial charge in [-0.15, -0.1) is 0 Å². The zero-order valence-corrected chi connectivity index (χ0v) is 5.74. The van der Waals surface area contributed by atoms with Gasteiger partial charge < -0.3 is 15.1 Å². The second kappa shape index (κ2) is 2.16. The second-order valence-corrected chi connectivity index (χ2v) is 2.19. The van der Waals surface area contributed by atoms with Crippen molar-refractivity contribution in [1.29, 1.82) is 0 Å². The molecule has 2 rings (SSSR count). The summed E-state index contributed by atoms with van der Waals surface area (Å²) < 4.78 is 4.89. The van der Waals surface area contributed by atoms with Gasteiger partial charge in [0.05, 0.1) is 24.4 Å². The van der Waals surface area contributed by atoms with Crippen LogP contribution in [0.25, 0.3) is 11.3 Å². The number of nitrogens with zero attached hydrogens (tertiary/aromatic N) is 1. The number of anilines is 1. The van der Waals surface area contributed by atoms with Crippen molar-refractivity contribution in [3.63, 3.8) is 0 Å². The van der Waals surface area contributed by atoms with E-state index in [9.17, 15) is 0 Å². The Morgan fingerprint density at radius 1 is 1.55 bits per heavy atom. The fourth-order valence-electron chi connectivity index (χ4n) is 0.901. The SMILES string of the molecule is Nc1ncc(-c2ccoc2)[nH]1. The van der Waals surface area contributed by atoms with Crippen LogP contribution in [-0.2, 0) is 0 Å². The fourth-order valence-corrected chi connectivity index (χ4v) is 0.901. The molecule has 11 heavy (non-hydrogen) atoms. The van der Waals surface area contributed by atoms with Gasteiger partial charge >= 0.3 is 0 Å². The van der Waals surface area contributed by atoms with E-state index in [1.807, 2.05) is 6.07 Å². The van der Waals surface area contributed by atoms with Crippen LogP contribution in [0.3, 0.4) is 0 Å². The van der Waals surface area contributed by atoms with E-state index in [4.69, 9.17) is 10.2 Å². The van der Waals surface area contributed by atoms with Gasteiger partial charge in [0.15, 0.2) is 5.95 Å². The minimum absolute atomic E-state index is 0.418. The molecule has 2 aromatic rings. The Kier molecular flexibility index (Phi) is 1.18. The largest absolute Gasteiger partial charge is 0.472 e. The van der Waals surface area contributed by atoms with Crippen molar-refractivity contribution in [2.75, 3.05) is 5.73 Å². The molecule has 0 saturated heterocycles. The van der Waals surface area contributed by atoms with Crippen LogP contribution in [0.5, 0.6) is 0 Å². The van der Waals surface area contributed by atoms with E-state index in [0.717, 1.165) is 11.3 Å². The molecule has 4 heteroatoms. The summed E-state index contributed by atoms with van der Waals surface area (Å²) in [4.78, 5) is 6.74. The summed E-state index contributed by atoms with van der Waals surface area (Å²) in [5.74, 6) is 0.418.